The molecular weight excluding hydrogens is 266 g/mol. The normalized spacial score (nSPS) is 12.1. The summed E-state index contributed by atoms with van der Waals surface area (Å²) >= 11 is 1.62. The van der Waals surface area contributed by atoms with Crippen molar-refractivity contribution in [1.29, 1.82) is 0 Å². The molecule has 1 heterocycles. The van der Waals surface area contributed by atoms with Crippen molar-refractivity contribution < 1.29 is 0 Å². The van der Waals surface area contributed by atoms with Crippen molar-refractivity contribution in [2.75, 3.05) is 5.43 Å². The molecule has 1 aromatic heterocycles. The standard InChI is InChI=1S/C16H21N3S/c1-11-12(2)20-15(18-11)19-17-10-13-6-8-14(9-7-13)16(3,4)5/h6-10H,1-5H3,(H,18,19). The molecule has 1 aromatic carbocycles. The molecule has 2 aromatic rings. The maximum absolute atomic E-state index is 4.38. The lowest BCUT2D eigenvalue weighted by molar-refractivity contribution is 0.590. The van der Waals surface area contributed by atoms with Gasteiger partial charge < -0.3 is 0 Å². The highest BCUT2D eigenvalue weighted by atomic mass is 32.1. The van der Waals surface area contributed by atoms with Gasteiger partial charge in [-0.1, -0.05) is 45.0 Å². The third kappa shape index (κ3) is 3.67. The van der Waals surface area contributed by atoms with Crippen LogP contribution in [-0.4, -0.2) is 11.2 Å². The summed E-state index contributed by atoms with van der Waals surface area (Å²) in [5.41, 5.74) is 6.63. The van der Waals surface area contributed by atoms with Gasteiger partial charge in [0.05, 0.1) is 11.9 Å². The first-order chi connectivity index (χ1) is 9.36. The molecule has 0 aliphatic rings. The van der Waals surface area contributed by atoms with E-state index in [9.17, 15) is 0 Å². The van der Waals surface area contributed by atoms with E-state index in [0.29, 0.717) is 0 Å². The summed E-state index contributed by atoms with van der Waals surface area (Å²) in [4.78, 5) is 5.60. The van der Waals surface area contributed by atoms with Gasteiger partial charge in [0.1, 0.15) is 0 Å². The largest absolute Gasteiger partial charge is 0.253 e. The van der Waals surface area contributed by atoms with Crippen LogP contribution < -0.4 is 5.43 Å². The van der Waals surface area contributed by atoms with Gasteiger partial charge in [0.2, 0.25) is 5.13 Å². The molecule has 4 heteroatoms. The Labute approximate surface area is 124 Å². The molecule has 0 saturated carbocycles. The zero-order chi connectivity index (χ0) is 14.8. The highest BCUT2D eigenvalue weighted by Crippen LogP contribution is 2.22. The SMILES string of the molecule is Cc1nc(NN=Cc2ccc(C(C)(C)C)cc2)sc1C. The van der Waals surface area contributed by atoms with E-state index in [1.54, 1.807) is 11.3 Å². The highest BCUT2D eigenvalue weighted by molar-refractivity contribution is 7.15. The lowest BCUT2D eigenvalue weighted by Gasteiger charge is -2.18. The van der Waals surface area contributed by atoms with E-state index in [2.05, 4.69) is 67.5 Å². The zero-order valence-electron chi connectivity index (χ0n) is 12.7. The Balaban J connectivity index is 2.01. The number of thiazole rings is 1. The van der Waals surface area contributed by atoms with E-state index in [0.717, 1.165) is 16.4 Å². The van der Waals surface area contributed by atoms with Crippen molar-refractivity contribution in [3.63, 3.8) is 0 Å². The minimum absolute atomic E-state index is 0.184. The van der Waals surface area contributed by atoms with Crippen LogP contribution in [0.15, 0.2) is 29.4 Å². The molecule has 0 unspecified atom stereocenters. The predicted molar refractivity (Wildman–Crippen MR) is 87.9 cm³/mol. The van der Waals surface area contributed by atoms with E-state index >= 15 is 0 Å². The first kappa shape index (κ1) is 14.7. The fourth-order valence-electron chi connectivity index (χ4n) is 1.75. The topological polar surface area (TPSA) is 37.3 Å². The molecule has 2 rings (SSSR count). The van der Waals surface area contributed by atoms with Gasteiger partial charge in [0.15, 0.2) is 0 Å². The van der Waals surface area contributed by atoms with Crippen molar-refractivity contribution in [1.82, 2.24) is 4.98 Å². The van der Waals surface area contributed by atoms with Gasteiger partial charge in [-0.25, -0.2) is 4.98 Å². The monoisotopic (exact) mass is 287 g/mol. The van der Waals surface area contributed by atoms with Crippen LogP contribution in [0.3, 0.4) is 0 Å². The van der Waals surface area contributed by atoms with E-state index in [-0.39, 0.29) is 5.41 Å². The number of hydrazone groups is 1. The quantitative estimate of drug-likeness (QED) is 0.666. The molecule has 0 spiro atoms. The fraction of sp³-hybridized carbons (Fsp3) is 0.375. The van der Waals surface area contributed by atoms with E-state index < -0.39 is 0 Å². The van der Waals surface area contributed by atoms with Crippen LogP contribution in [0.4, 0.5) is 5.13 Å². The molecule has 3 nitrogen and oxygen atoms in total. The summed E-state index contributed by atoms with van der Waals surface area (Å²) in [7, 11) is 0. The van der Waals surface area contributed by atoms with Gasteiger partial charge in [0, 0.05) is 4.88 Å². The molecule has 0 amide bonds. The third-order valence-corrected chi connectivity index (χ3v) is 4.16. The van der Waals surface area contributed by atoms with Crippen LogP contribution in [0.1, 0.15) is 42.5 Å². The Morgan fingerprint density at radius 3 is 2.30 bits per heavy atom. The second kappa shape index (κ2) is 5.75. The molecule has 0 fully saturated rings. The number of nitrogens with one attached hydrogen (secondary N) is 1. The van der Waals surface area contributed by atoms with Crippen molar-refractivity contribution in [2.24, 2.45) is 5.10 Å². The average molecular weight is 287 g/mol. The maximum Gasteiger partial charge on any atom is 0.203 e. The van der Waals surface area contributed by atoms with Crippen molar-refractivity contribution in [3.05, 3.63) is 46.0 Å². The third-order valence-electron chi connectivity index (χ3n) is 3.18. The molecule has 0 atom stereocenters. The van der Waals surface area contributed by atoms with Crippen LogP contribution in [0.25, 0.3) is 0 Å². The summed E-state index contributed by atoms with van der Waals surface area (Å²) in [6.07, 6.45) is 1.82. The summed E-state index contributed by atoms with van der Waals surface area (Å²) in [6.45, 7) is 10.7. The van der Waals surface area contributed by atoms with E-state index in [4.69, 9.17) is 0 Å². The minimum atomic E-state index is 0.184. The van der Waals surface area contributed by atoms with Gasteiger partial charge in [-0.15, -0.1) is 11.3 Å². The Bertz CT molecular complexity index is 584. The fourth-order valence-corrected chi connectivity index (χ4v) is 2.52. The second-order valence-electron chi connectivity index (χ2n) is 5.90. The summed E-state index contributed by atoms with van der Waals surface area (Å²) < 4.78 is 0. The number of hydrogen-bond donors (Lipinski definition) is 1. The molecule has 106 valence electrons. The van der Waals surface area contributed by atoms with Gasteiger partial charge in [0.25, 0.3) is 0 Å². The highest BCUT2D eigenvalue weighted by Gasteiger charge is 2.12. The Morgan fingerprint density at radius 2 is 1.80 bits per heavy atom. The number of aryl methyl sites for hydroxylation is 2. The maximum atomic E-state index is 4.38. The van der Waals surface area contributed by atoms with E-state index in [1.807, 2.05) is 13.1 Å². The first-order valence-corrected chi connectivity index (χ1v) is 7.51. The van der Waals surface area contributed by atoms with E-state index in [1.165, 1.54) is 10.4 Å². The van der Waals surface area contributed by atoms with Gasteiger partial charge in [-0.2, -0.15) is 5.10 Å². The van der Waals surface area contributed by atoms with Crippen LogP contribution in [0.2, 0.25) is 0 Å². The number of rotatable bonds is 3. The van der Waals surface area contributed by atoms with Gasteiger partial charge >= 0.3 is 0 Å². The number of hydrogen-bond acceptors (Lipinski definition) is 4. The lowest BCUT2D eigenvalue weighted by atomic mass is 9.87. The van der Waals surface area contributed by atoms with Gasteiger partial charge in [-0.05, 0) is 30.4 Å². The first-order valence-electron chi connectivity index (χ1n) is 6.70. The molecule has 0 aliphatic carbocycles. The molecule has 0 saturated heterocycles. The van der Waals surface area contributed by atoms with Crippen LogP contribution in [-0.2, 0) is 5.41 Å². The van der Waals surface area contributed by atoms with Crippen LogP contribution in [0, 0.1) is 13.8 Å². The summed E-state index contributed by atoms with van der Waals surface area (Å²) in [6, 6.07) is 8.48. The second-order valence-corrected chi connectivity index (χ2v) is 7.11. The van der Waals surface area contributed by atoms with Crippen LogP contribution >= 0.6 is 11.3 Å². The Hall–Kier alpha value is -1.68. The molecule has 0 radical (unpaired) electrons. The Kier molecular flexibility index (Phi) is 4.23. The smallest absolute Gasteiger partial charge is 0.203 e. The summed E-state index contributed by atoms with van der Waals surface area (Å²) in [5, 5.41) is 5.07. The molecule has 20 heavy (non-hydrogen) atoms. The van der Waals surface area contributed by atoms with Crippen molar-refractivity contribution >= 4 is 22.7 Å². The summed E-state index contributed by atoms with van der Waals surface area (Å²) in [5.74, 6) is 0. The minimum Gasteiger partial charge on any atom is -0.253 e. The number of nitrogens with zero attached hydrogens (tertiary/aromatic N) is 2. The van der Waals surface area contributed by atoms with Crippen molar-refractivity contribution in [3.8, 4) is 0 Å². The van der Waals surface area contributed by atoms with Crippen molar-refractivity contribution in [2.45, 2.75) is 40.0 Å². The lowest BCUT2D eigenvalue weighted by Crippen LogP contribution is -2.10. The Morgan fingerprint density at radius 1 is 1.15 bits per heavy atom. The number of benzene rings is 1. The molecule has 0 bridgehead atoms. The molecule has 0 aliphatic heterocycles. The molecular formula is C16H21N3S. The van der Waals surface area contributed by atoms with Gasteiger partial charge in [-0.3, -0.25) is 5.43 Å². The zero-order valence-corrected chi connectivity index (χ0v) is 13.5. The predicted octanol–water partition coefficient (Wildman–Crippen LogP) is 4.50. The van der Waals surface area contributed by atoms with Crippen LogP contribution in [0.5, 0.6) is 0 Å². The number of anilines is 1. The molecule has 1 N–H and O–H groups in total. The average Bonchev–Trinajstić information content (AvgIpc) is 2.68. The number of aromatic nitrogens is 1.